The van der Waals surface area contributed by atoms with Crippen LogP contribution in [-0.2, 0) is 11.6 Å². The maximum atomic E-state index is 5.98. The summed E-state index contributed by atoms with van der Waals surface area (Å²) in [6, 6.07) is 3.75. The van der Waals surface area contributed by atoms with Crippen LogP contribution in [0.1, 0.15) is 11.1 Å². The van der Waals surface area contributed by atoms with Gasteiger partial charge in [0, 0.05) is 0 Å². The lowest BCUT2D eigenvalue weighted by Crippen LogP contribution is -2.28. The number of rotatable bonds is 0. The van der Waals surface area contributed by atoms with Gasteiger partial charge in [0.1, 0.15) is 0 Å². The summed E-state index contributed by atoms with van der Waals surface area (Å²) < 4.78 is 10.6. The number of hydrogen-bond acceptors (Lipinski definition) is 2. The summed E-state index contributed by atoms with van der Waals surface area (Å²) in [5.41, 5.74) is 1.91. The molecule has 1 aliphatic heterocycles. The molecule has 0 amide bonds. The van der Waals surface area contributed by atoms with E-state index in [-0.39, 0.29) is 12.6 Å². The van der Waals surface area contributed by atoms with Crippen molar-refractivity contribution < 1.29 is 9.47 Å². The predicted octanol–water partition coefficient (Wildman–Crippen LogP) is 0.418. The van der Waals surface area contributed by atoms with E-state index in [1.165, 1.54) is 0 Å². The van der Waals surface area contributed by atoms with Gasteiger partial charge < -0.3 is 9.47 Å². The summed E-state index contributed by atoms with van der Waals surface area (Å²) in [6.07, 6.45) is 0.680. The van der Waals surface area contributed by atoms with Crippen LogP contribution in [0.5, 0.6) is 11.5 Å². The second-order valence-electron chi connectivity index (χ2n) is 4.11. The van der Waals surface area contributed by atoms with Crippen LogP contribution < -0.4 is 9.47 Å². The lowest BCUT2D eigenvalue weighted by atomic mass is 9.43. The molecule has 15 heavy (non-hydrogen) atoms. The fraction of sp³-hybridized carbons (Fsp3) is 0.400. The van der Waals surface area contributed by atoms with Crippen LogP contribution in [0.25, 0.3) is 0 Å². The van der Waals surface area contributed by atoms with E-state index in [0.29, 0.717) is 12.2 Å². The molecule has 68 valence electrons. The Morgan fingerprint density at radius 3 is 2.60 bits per heavy atom. The quantitative estimate of drug-likeness (QED) is 0.554. The van der Waals surface area contributed by atoms with Gasteiger partial charge in [0.2, 0.25) is 6.79 Å². The van der Waals surface area contributed by atoms with E-state index in [1.807, 2.05) is 12.1 Å². The normalized spacial score (nSPS) is 25.2. The molecule has 0 N–H and O–H groups in total. The lowest BCUT2D eigenvalue weighted by molar-refractivity contribution is 0.174. The molecule has 1 heterocycles. The van der Waals surface area contributed by atoms with E-state index in [2.05, 4.69) is 0 Å². The molecule has 2 aliphatic rings. The van der Waals surface area contributed by atoms with Gasteiger partial charge in [-0.1, -0.05) is 16.6 Å². The van der Waals surface area contributed by atoms with Crippen LogP contribution >= 0.6 is 0 Å². The van der Waals surface area contributed by atoms with Crippen molar-refractivity contribution in [1.82, 2.24) is 0 Å². The zero-order valence-electron chi connectivity index (χ0n) is 8.19. The summed E-state index contributed by atoms with van der Waals surface area (Å²) in [5, 5.41) is -0.962. The molecular weight excluding hydrogens is 185 g/mol. The molecule has 1 aromatic carbocycles. The first-order chi connectivity index (χ1) is 7.09. The summed E-state index contributed by atoms with van der Waals surface area (Å²) in [6.45, 7) is 0.256. The van der Waals surface area contributed by atoms with Crippen molar-refractivity contribution >= 4 is 23.5 Å². The van der Waals surface area contributed by atoms with Crippen LogP contribution in [0.4, 0.5) is 0 Å². The van der Waals surface area contributed by atoms with E-state index in [1.54, 1.807) is 0 Å². The monoisotopic (exact) mass is 192 g/mol. The first-order valence-electron chi connectivity index (χ1n) is 4.85. The Kier molecular flexibility index (Phi) is 1.71. The molecule has 0 saturated carbocycles. The highest BCUT2D eigenvalue weighted by Crippen LogP contribution is 2.46. The minimum atomic E-state index is -0.962. The average Bonchev–Trinajstić information content (AvgIpc) is 2.69. The van der Waals surface area contributed by atoms with Gasteiger partial charge in [-0.15, -0.1) is 0 Å². The number of fused-ring (bicyclic) bond motifs is 2. The molecule has 1 aromatic rings. The maximum Gasteiger partial charge on any atom is 0.231 e. The van der Waals surface area contributed by atoms with E-state index >= 15 is 0 Å². The Morgan fingerprint density at radius 1 is 1.20 bits per heavy atom. The standard InChI is InChI=1S/C10H7B3O2/c11-9-2-5-1-7-8(15-4-14-7)3-6(5)10(9,12)13/h1,3,9H,2,4H2. The van der Waals surface area contributed by atoms with Crippen molar-refractivity contribution in [3.63, 3.8) is 0 Å². The van der Waals surface area contributed by atoms with E-state index in [9.17, 15) is 0 Å². The van der Waals surface area contributed by atoms with E-state index in [0.717, 1.165) is 16.9 Å². The molecule has 3 rings (SSSR count). The lowest BCUT2D eigenvalue weighted by Gasteiger charge is -2.26. The Morgan fingerprint density at radius 2 is 1.87 bits per heavy atom. The summed E-state index contributed by atoms with van der Waals surface area (Å²) in [7, 11) is 17.9. The van der Waals surface area contributed by atoms with Crippen molar-refractivity contribution in [1.29, 1.82) is 0 Å². The van der Waals surface area contributed by atoms with Crippen LogP contribution in [0.3, 0.4) is 0 Å². The summed E-state index contributed by atoms with van der Waals surface area (Å²) >= 11 is 0. The molecule has 1 unspecified atom stereocenters. The van der Waals surface area contributed by atoms with Gasteiger partial charge in [-0.05, 0) is 24.1 Å². The molecule has 1 aliphatic carbocycles. The van der Waals surface area contributed by atoms with Gasteiger partial charge in [0.25, 0.3) is 0 Å². The Labute approximate surface area is 92.6 Å². The highest BCUT2D eigenvalue weighted by molar-refractivity contribution is 6.44. The fourth-order valence-corrected chi connectivity index (χ4v) is 2.16. The highest BCUT2D eigenvalue weighted by atomic mass is 16.7. The van der Waals surface area contributed by atoms with Gasteiger partial charge in [0.05, 0.1) is 23.5 Å². The molecule has 0 spiro atoms. The zero-order chi connectivity index (χ0) is 10.6. The SMILES string of the molecule is [B]C1Cc2cc3c(cc2C1([B])[B])OCO3. The third-order valence-corrected chi connectivity index (χ3v) is 3.12. The molecule has 0 aromatic heterocycles. The van der Waals surface area contributed by atoms with Crippen molar-refractivity contribution in [3.8, 4) is 11.5 Å². The second-order valence-corrected chi connectivity index (χ2v) is 4.11. The second kappa shape index (κ2) is 2.78. The summed E-state index contributed by atoms with van der Waals surface area (Å²) in [4.78, 5) is 0. The first-order valence-corrected chi connectivity index (χ1v) is 4.85. The van der Waals surface area contributed by atoms with Crippen LogP contribution in [-0.4, -0.2) is 30.3 Å². The smallest absolute Gasteiger partial charge is 0.231 e. The van der Waals surface area contributed by atoms with E-state index < -0.39 is 5.21 Å². The maximum absolute atomic E-state index is 5.98. The van der Waals surface area contributed by atoms with Gasteiger partial charge in [-0.2, -0.15) is 0 Å². The highest BCUT2D eigenvalue weighted by Gasteiger charge is 2.36. The van der Waals surface area contributed by atoms with Crippen LogP contribution in [0.2, 0.25) is 5.82 Å². The third-order valence-electron chi connectivity index (χ3n) is 3.12. The topological polar surface area (TPSA) is 18.5 Å². The molecule has 1 atom stereocenters. The molecular formula is C10H7B3O2. The largest absolute Gasteiger partial charge is 0.454 e. The van der Waals surface area contributed by atoms with Crippen molar-refractivity contribution in [2.24, 2.45) is 0 Å². The molecule has 0 bridgehead atoms. The van der Waals surface area contributed by atoms with Gasteiger partial charge in [-0.25, -0.2) is 0 Å². The van der Waals surface area contributed by atoms with Crippen molar-refractivity contribution in [2.45, 2.75) is 17.5 Å². The fourth-order valence-electron chi connectivity index (χ4n) is 2.16. The average molecular weight is 192 g/mol. The first kappa shape index (κ1) is 9.26. The Balaban J connectivity index is 2.17. The van der Waals surface area contributed by atoms with Gasteiger partial charge >= 0.3 is 0 Å². The number of ether oxygens (including phenoxy) is 2. The molecule has 0 saturated heterocycles. The Hall–Kier alpha value is -0.985. The minimum Gasteiger partial charge on any atom is -0.454 e. The van der Waals surface area contributed by atoms with Gasteiger partial charge in [0.15, 0.2) is 11.5 Å². The number of benzene rings is 1. The predicted molar refractivity (Wildman–Crippen MR) is 59.0 cm³/mol. The van der Waals surface area contributed by atoms with Crippen molar-refractivity contribution in [3.05, 3.63) is 23.3 Å². The third kappa shape index (κ3) is 1.15. The van der Waals surface area contributed by atoms with Crippen LogP contribution in [0.15, 0.2) is 12.1 Å². The summed E-state index contributed by atoms with van der Waals surface area (Å²) in [5.74, 6) is 1.19. The van der Waals surface area contributed by atoms with Crippen LogP contribution in [0, 0.1) is 0 Å². The Bertz CT molecular complexity index is 431. The zero-order valence-corrected chi connectivity index (χ0v) is 8.19. The van der Waals surface area contributed by atoms with Crippen molar-refractivity contribution in [2.75, 3.05) is 6.79 Å². The minimum absolute atomic E-state index is 0.255. The van der Waals surface area contributed by atoms with E-state index in [4.69, 9.17) is 33.0 Å². The molecule has 0 fully saturated rings. The molecule has 5 heteroatoms. The van der Waals surface area contributed by atoms with Gasteiger partial charge in [-0.3, -0.25) is 0 Å². The molecule has 2 nitrogen and oxygen atoms in total. The molecule has 6 radical (unpaired) electrons. The number of hydrogen-bond donors (Lipinski definition) is 0.